The molecule has 7 nitrogen and oxygen atoms in total. The second-order valence-electron chi connectivity index (χ2n) is 8.00. The molecule has 27 heavy (non-hydrogen) atoms. The van der Waals surface area contributed by atoms with Gasteiger partial charge in [-0.2, -0.15) is 0 Å². The zero-order valence-corrected chi connectivity index (χ0v) is 15.5. The van der Waals surface area contributed by atoms with Crippen LogP contribution in [0, 0.1) is 18.8 Å². The number of hydrogen-bond donors (Lipinski definition) is 1. The maximum absolute atomic E-state index is 13.4. The number of anilines is 1. The summed E-state index contributed by atoms with van der Waals surface area (Å²) in [6.45, 7) is 3.26. The molecule has 5 rings (SSSR count). The third-order valence-electron chi connectivity index (χ3n) is 6.76. The molecule has 0 radical (unpaired) electrons. The first kappa shape index (κ1) is 16.9. The molecule has 0 unspecified atom stereocenters. The summed E-state index contributed by atoms with van der Waals surface area (Å²) in [6.07, 6.45) is 1.78. The molecule has 7 heteroatoms. The van der Waals surface area contributed by atoms with E-state index in [1.54, 1.807) is 7.11 Å². The molecule has 1 N–H and O–H groups in total. The van der Waals surface area contributed by atoms with Crippen molar-refractivity contribution in [1.82, 2.24) is 9.80 Å². The highest BCUT2D eigenvalue weighted by molar-refractivity contribution is 6.15. The van der Waals surface area contributed by atoms with Crippen LogP contribution >= 0.6 is 0 Å². The third kappa shape index (κ3) is 1.91. The average molecular weight is 369 g/mol. The summed E-state index contributed by atoms with van der Waals surface area (Å²) in [5, 5.41) is 2.99. The van der Waals surface area contributed by atoms with Crippen molar-refractivity contribution < 1.29 is 19.1 Å². The van der Waals surface area contributed by atoms with Gasteiger partial charge in [-0.15, -0.1) is 0 Å². The number of ether oxygens (including phenoxy) is 1. The van der Waals surface area contributed by atoms with Crippen LogP contribution in [0.25, 0.3) is 0 Å². The van der Waals surface area contributed by atoms with Crippen molar-refractivity contribution in [3.8, 4) is 0 Å². The summed E-state index contributed by atoms with van der Waals surface area (Å²) in [5.74, 6) is -1.66. The summed E-state index contributed by atoms with van der Waals surface area (Å²) < 4.78 is 5.08. The molecule has 4 heterocycles. The number of fused-ring (bicyclic) bond motifs is 7. The van der Waals surface area contributed by atoms with E-state index in [-0.39, 0.29) is 30.3 Å². The summed E-state index contributed by atoms with van der Waals surface area (Å²) in [7, 11) is 1.55. The number of nitrogens with one attached hydrogen (secondary N) is 1. The van der Waals surface area contributed by atoms with Gasteiger partial charge in [0.25, 0.3) is 0 Å². The van der Waals surface area contributed by atoms with Gasteiger partial charge < -0.3 is 10.1 Å². The van der Waals surface area contributed by atoms with Gasteiger partial charge in [0.2, 0.25) is 17.7 Å². The Morgan fingerprint density at radius 1 is 1.26 bits per heavy atom. The molecular formula is C20H23N3O4. The Balaban J connectivity index is 1.69. The van der Waals surface area contributed by atoms with Crippen LogP contribution < -0.4 is 5.32 Å². The Kier molecular flexibility index (Phi) is 3.52. The first-order valence-electron chi connectivity index (χ1n) is 9.55. The number of carbonyl (C=O) groups excluding carboxylic acids is 3. The van der Waals surface area contributed by atoms with Crippen molar-refractivity contribution in [2.45, 2.75) is 31.3 Å². The van der Waals surface area contributed by atoms with Gasteiger partial charge in [-0.3, -0.25) is 24.2 Å². The summed E-state index contributed by atoms with van der Waals surface area (Å²) in [5.41, 5.74) is 1.58. The Morgan fingerprint density at radius 2 is 2.07 bits per heavy atom. The smallest absolute Gasteiger partial charge is 0.250 e. The van der Waals surface area contributed by atoms with Crippen LogP contribution in [0.3, 0.4) is 0 Å². The van der Waals surface area contributed by atoms with Crippen molar-refractivity contribution in [1.29, 1.82) is 0 Å². The first-order chi connectivity index (χ1) is 13.0. The van der Waals surface area contributed by atoms with Crippen molar-refractivity contribution in [3.05, 3.63) is 29.3 Å². The number of aryl methyl sites for hydroxylation is 1. The van der Waals surface area contributed by atoms with Crippen molar-refractivity contribution >= 4 is 23.4 Å². The quantitative estimate of drug-likeness (QED) is 0.800. The van der Waals surface area contributed by atoms with Gasteiger partial charge in [0.1, 0.15) is 5.54 Å². The molecule has 4 aliphatic heterocycles. The summed E-state index contributed by atoms with van der Waals surface area (Å²) in [6, 6.07) is 5.80. The van der Waals surface area contributed by atoms with Crippen LogP contribution in [0.5, 0.6) is 0 Å². The van der Waals surface area contributed by atoms with Gasteiger partial charge in [0.05, 0.1) is 25.0 Å². The van der Waals surface area contributed by atoms with Crippen molar-refractivity contribution in [3.63, 3.8) is 0 Å². The van der Waals surface area contributed by atoms with Gasteiger partial charge in [-0.25, -0.2) is 0 Å². The molecule has 0 bridgehead atoms. The molecular weight excluding hydrogens is 346 g/mol. The fourth-order valence-electron chi connectivity index (χ4n) is 5.78. The number of imide groups is 1. The Morgan fingerprint density at radius 3 is 2.85 bits per heavy atom. The summed E-state index contributed by atoms with van der Waals surface area (Å²) >= 11 is 0. The lowest BCUT2D eigenvalue weighted by atomic mass is 9.75. The predicted octanol–water partition coefficient (Wildman–Crippen LogP) is 0.868. The normalized spacial score (nSPS) is 34.4. The van der Waals surface area contributed by atoms with E-state index in [0.717, 1.165) is 36.2 Å². The fourth-order valence-corrected chi connectivity index (χ4v) is 5.78. The van der Waals surface area contributed by atoms with E-state index in [4.69, 9.17) is 4.74 Å². The third-order valence-corrected chi connectivity index (χ3v) is 6.76. The number of rotatable bonds is 3. The van der Waals surface area contributed by atoms with Gasteiger partial charge in [0.15, 0.2) is 0 Å². The number of hydrogen-bond acceptors (Lipinski definition) is 5. The molecule has 3 fully saturated rings. The molecule has 4 aliphatic rings. The number of amides is 3. The van der Waals surface area contributed by atoms with Crippen molar-refractivity contribution in [2.24, 2.45) is 11.8 Å². The molecule has 0 aliphatic carbocycles. The molecule has 1 aromatic rings. The minimum absolute atomic E-state index is 0.0591. The zero-order valence-electron chi connectivity index (χ0n) is 15.5. The van der Waals surface area contributed by atoms with E-state index in [1.165, 1.54) is 4.90 Å². The number of likely N-dealkylation sites (tertiary alicyclic amines) is 1. The predicted molar refractivity (Wildman–Crippen MR) is 96.8 cm³/mol. The average Bonchev–Trinajstić information content (AvgIpc) is 3.33. The van der Waals surface area contributed by atoms with Crippen LogP contribution in [0.2, 0.25) is 0 Å². The highest BCUT2D eigenvalue weighted by Gasteiger charge is 2.74. The number of carbonyl (C=O) groups is 3. The maximum Gasteiger partial charge on any atom is 0.250 e. The van der Waals surface area contributed by atoms with Gasteiger partial charge >= 0.3 is 0 Å². The lowest BCUT2D eigenvalue weighted by Crippen LogP contribution is -2.54. The molecule has 3 saturated heterocycles. The maximum atomic E-state index is 13.4. The van der Waals surface area contributed by atoms with E-state index in [9.17, 15) is 14.4 Å². The van der Waals surface area contributed by atoms with Gasteiger partial charge in [-0.05, 0) is 32.4 Å². The topological polar surface area (TPSA) is 79.0 Å². The number of methoxy groups -OCH3 is 1. The molecule has 0 saturated carbocycles. The Bertz CT molecular complexity index is 869. The van der Waals surface area contributed by atoms with Crippen LogP contribution in [-0.4, -0.2) is 60.4 Å². The molecule has 4 atom stereocenters. The first-order valence-corrected chi connectivity index (χ1v) is 9.55. The second kappa shape index (κ2) is 5.62. The van der Waals surface area contributed by atoms with Crippen LogP contribution in [-0.2, 0) is 24.7 Å². The van der Waals surface area contributed by atoms with E-state index in [2.05, 4.69) is 10.2 Å². The summed E-state index contributed by atoms with van der Waals surface area (Å²) in [4.78, 5) is 43.4. The number of benzene rings is 1. The monoisotopic (exact) mass is 369 g/mol. The highest BCUT2D eigenvalue weighted by Crippen LogP contribution is 2.60. The molecule has 1 aromatic carbocycles. The Labute approximate surface area is 157 Å². The lowest BCUT2D eigenvalue weighted by Gasteiger charge is -2.36. The second-order valence-corrected chi connectivity index (χ2v) is 8.00. The van der Waals surface area contributed by atoms with Gasteiger partial charge in [0, 0.05) is 24.4 Å². The van der Waals surface area contributed by atoms with E-state index < -0.39 is 17.4 Å². The van der Waals surface area contributed by atoms with Crippen LogP contribution in [0.1, 0.15) is 24.0 Å². The minimum atomic E-state index is -1.07. The molecule has 1 spiro atoms. The van der Waals surface area contributed by atoms with Crippen LogP contribution in [0.4, 0.5) is 5.69 Å². The van der Waals surface area contributed by atoms with E-state index in [1.807, 2.05) is 25.1 Å². The SMILES string of the molecule is COCCN1C(=O)[C@@H]2[C@H]3CCCN3[C@]3(C(=O)Nc4ccc(C)cc43)[C@H]2C1=O. The van der Waals surface area contributed by atoms with Crippen molar-refractivity contribution in [2.75, 3.05) is 32.1 Å². The molecule has 142 valence electrons. The molecule has 3 amide bonds. The highest BCUT2D eigenvalue weighted by atomic mass is 16.5. The van der Waals surface area contributed by atoms with Crippen LogP contribution in [0.15, 0.2) is 18.2 Å². The van der Waals surface area contributed by atoms with Gasteiger partial charge in [-0.1, -0.05) is 17.7 Å². The minimum Gasteiger partial charge on any atom is -0.383 e. The van der Waals surface area contributed by atoms with E-state index >= 15 is 0 Å². The fraction of sp³-hybridized carbons (Fsp3) is 0.550. The Hall–Kier alpha value is -2.25. The molecule has 0 aromatic heterocycles. The lowest BCUT2D eigenvalue weighted by molar-refractivity contribution is -0.146. The number of nitrogens with zero attached hydrogens (tertiary/aromatic N) is 2. The van der Waals surface area contributed by atoms with E-state index in [0.29, 0.717) is 6.61 Å². The zero-order chi connectivity index (χ0) is 18.9. The standard InChI is InChI=1S/C20H23N3O4/c1-11-5-6-13-12(10-11)20(19(26)21-13)16-15(14-4-3-7-23(14)20)17(24)22(18(16)25)8-9-27-2/h5-6,10,14-16H,3-4,7-9H2,1-2H3,(H,21,26)/t14-,15-,16-,20+/m1/s1. The largest absolute Gasteiger partial charge is 0.383 e.